The zero-order chi connectivity index (χ0) is 24.8. The van der Waals surface area contributed by atoms with Crippen LogP contribution in [0, 0.1) is 17.7 Å². The fourth-order valence-electron chi connectivity index (χ4n) is 5.08. The number of urea groups is 1. The first-order valence-corrected chi connectivity index (χ1v) is 12.3. The summed E-state index contributed by atoms with van der Waals surface area (Å²) in [5.74, 6) is -0.192. The van der Waals surface area contributed by atoms with Crippen LogP contribution in [0.5, 0.6) is 0 Å². The lowest BCUT2D eigenvalue weighted by Gasteiger charge is -2.39. The number of benzene rings is 2. The van der Waals surface area contributed by atoms with Crippen molar-refractivity contribution in [2.45, 2.75) is 38.6 Å². The van der Waals surface area contributed by atoms with Crippen LogP contribution in [0.25, 0.3) is 0 Å². The van der Waals surface area contributed by atoms with Gasteiger partial charge in [-0.2, -0.15) is 0 Å². The Kier molecular flexibility index (Phi) is 8.13. The highest BCUT2D eigenvalue weighted by atomic mass is 19.1. The lowest BCUT2D eigenvalue weighted by molar-refractivity contribution is -0.139. The number of rotatable bonds is 6. The van der Waals surface area contributed by atoms with Crippen molar-refractivity contribution in [2.75, 3.05) is 31.5 Å². The SMILES string of the molecule is CC(=O)c1cccc(NC(=O)N[C@H]2CNCC[C@H]2C(=O)N2CCCC(Cc3ccc(F)cc3)C2)c1. The van der Waals surface area contributed by atoms with Gasteiger partial charge < -0.3 is 20.9 Å². The van der Waals surface area contributed by atoms with Gasteiger partial charge in [0.05, 0.1) is 12.0 Å². The van der Waals surface area contributed by atoms with Gasteiger partial charge in [0.1, 0.15) is 5.82 Å². The summed E-state index contributed by atoms with van der Waals surface area (Å²) < 4.78 is 13.2. The van der Waals surface area contributed by atoms with Crippen LogP contribution >= 0.6 is 0 Å². The topological polar surface area (TPSA) is 90.5 Å². The fraction of sp³-hybridized carbons (Fsp3) is 0.444. The average molecular weight is 481 g/mol. The molecule has 186 valence electrons. The molecule has 7 nitrogen and oxygen atoms in total. The van der Waals surface area contributed by atoms with E-state index in [0.29, 0.717) is 36.7 Å². The molecule has 35 heavy (non-hydrogen) atoms. The van der Waals surface area contributed by atoms with Crippen LogP contribution in [0.2, 0.25) is 0 Å². The van der Waals surface area contributed by atoms with E-state index >= 15 is 0 Å². The summed E-state index contributed by atoms with van der Waals surface area (Å²) in [4.78, 5) is 39.8. The smallest absolute Gasteiger partial charge is 0.319 e. The molecule has 2 heterocycles. The van der Waals surface area contributed by atoms with E-state index in [-0.39, 0.29) is 29.5 Å². The summed E-state index contributed by atoms with van der Waals surface area (Å²) in [6.07, 6.45) is 3.45. The number of hydrogen-bond donors (Lipinski definition) is 3. The van der Waals surface area contributed by atoms with Gasteiger partial charge >= 0.3 is 6.03 Å². The third-order valence-corrected chi connectivity index (χ3v) is 6.91. The van der Waals surface area contributed by atoms with Gasteiger partial charge in [-0.1, -0.05) is 24.3 Å². The summed E-state index contributed by atoms with van der Waals surface area (Å²) in [6.45, 7) is 4.12. The number of ketones is 1. The van der Waals surface area contributed by atoms with E-state index < -0.39 is 6.03 Å². The normalized spacial score (nSPS) is 22.3. The molecule has 4 rings (SSSR count). The quantitative estimate of drug-likeness (QED) is 0.551. The van der Waals surface area contributed by atoms with Crippen LogP contribution < -0.4 is 16.0 Å². The maximum atomic E-state index is 13.5. The molecule has 2 fully saturated rings. The van der Waals surface area contributed by atoms with Crippen molar-refractivity contribution >= 4 is 23.4 Å². The minimum Gasteiger partial charge on any atom is -0.342 e. The lowest BCUT2D eigenvalue weighted by Crippen LogP contribution is -2.57. The summed E-state index contributed by atoms with van der Waals surface area (Å²) in [5.41, 5.74) is 2.13. The molecule has 0 spiro atoms. The van der Waals surface area contributed by atoms with E-state index in [1.165, 1.54) is 19.1 Å². The van der Waals surface area contributed by atoms with E-state index in [1.54, 1.807) is 24.3 Å². The molecule has 2 saturated heterocycles. The number of carbonyl (C=O) groups is 3. The number of hydrogen-bond acceptors (Lipinski definition) is 4. The average Bonchev–Trinajstić information content (AvgIpc) is 2.85. The maximum Gasteiger partial charge on any atom is 0.319 e. The molecule has 0 aliphatic carbocycles. The highest BCUT2D eigenvalue weighted by Gasteiger charge is 2.36. The molecule has 8 heteroatoms. The highest BCUT2D eigenvalue weighted by molar-refractivity contribution is 5.97. The number of likely N-dealkylation sites (tertiary alicyclic amines) is 1. The third-order valence-electron chi connectivity index (χ3n) is 6.91. The van der Waals surface area contributed by atoms with Crippen LogP contribution in [0.1, 0.15) is 42.1 Å². The van der Waals surface area contributed by atoms with Crippen LogP contribution in [0.15, 0.2) is 48.5 Å². The van der Waals surface area contributed by atoms with E-state index in [0.717, 1.165) is 37.9 Å². The molecule has 1 unspecified atom stereocenters. The van der Waals surface area contributed by atoms with Gasteiger partial charge in [0.15, 0.2) is 5.78 Å². The van der Waals surface area contributed by atoms with Crippen LogP contribution in [0.4, 0.5) is 14.9 Å². The van der Waals surface area contributed by atoms with E-state index in [9.17, 15) is 18.8 Å². The monoisotopic (exact) mass is 480 g/mol. The van der Waals surface area contributed by atoms with Crippen molar-refractivity contribution in [1.29, 1.82) is 0 Å². The van der Waals surface area contributed by atoms with Gasteiger partial charge in [0.2, 0.25) is 5.91 Å². The number of nitrogens with one attached hydrogen (secondary N) is 3. The summed E-state index contributed by atoms with van der Waals surface area (Å²) >= 11 is 0. The summed E-state index contributed by atoms with van der Waals surface area (Å²) in [5, 5.41) is 9.02. The van der Waals surface area contributed by atoms with Gasteiger partial charge in [-0.05, 0) is 74.9 Å². The van der Waals surface area contributed by atoms with Gasteiger partial charge in [0, 0.05) is 30.9 Å². The van der Waals surface area contributed by atoms with Crippen molar-refractivity contribution < 1.29 is 18.8 Å². The Morgan fingerprint density at radius 3 is 2.69 bits per heavy atom. The maximum absolute atomic E-state index is 13.5. The third kappa shape index (κ3) is 6.66. The summed E-state index contributed by atoms with van der Waals surface area (Å²) in [7, 11) is 0. The largest absolute Gasteiger partial charge is 0.342 e. The molecule has 0 aromatic heterocycles. The van der Waals surface area contributed by atoms with Crippen molar-refractivity contribution in [3.05, 3.63) is 65.5 Å². The van der Waals surface area contributed by atoms with Crippen LogP contribution in [-0.2, 0) is 11.2 Å². The second-order valence-electron chi connectivity index (χ2n) is 9.56. The number of halogens is 1. The molecule has 2 aromatic carbocycles. The minimum atomic E-state index is -0.398. The van der Waals surface area contributed by atoms with Crippen LogP contribution in [-0.4, -0.2) is 54.8 Å². The molecule has 0 radical (unpaired) electrons. The van der Waals surface area contributed by atoms with Crippen molar-refractivity contribution in [3.63, 3.8) is 0 Å². The first-order valence-electron chi connectivity index (χ1n) is 12.3. The predicted molar refractivity (Wildman–Crippen MR) is 133 cm³/mol. The Morgan fingerprint density at radius 1 is 1.11 bits per heavy atom. The second-order valence-corrected chi connectivity index (χ2v) is 9.56. The zero-order valence-electron chi connectivity index (χ0n) is 20.1. The molecule has 3 amide bonds. The Labute approximate surface area is 205 Å². The van der Waals surface area contributed by atoms with Crippen molar-refractivity contribution in [2.24, 2.45) is 11.8 Å². The van der Waals surface area contributed by atoms with Crippen molar-refractivity contribution in [1.82, 2.24) is 15.5 Å². The molecule has 2 aliphatic heterocycles. The minimum absolute atomic E-state index is 0.0736. The highest BCUT2D eigenvalue weighted by Crippen LogP contribution is 2.25. The number of nitrogens with zero attached hydrogens (tertiary/aromatic N) is 1. The Balaban J connectivity index is 1.36. The number of amides is 3. The van der Waals surface area contributed by atoms with E-state index in [4.69, 9.17) is 0 Å². The Hall–Kier alpha value is -3.26. The zero-order valence-corrected chi connectivity index (χ0v) is 20.1. The first kappa shape index (κ1) is 24.9. The molecule has 3 atom stereocenters. The molecule has 0 bridgehead atoms. The lowest BCUT2D eigenvalue weighted by atomic mass is 9.87. The number of Topliss-reactive ketones (excluding diaryl/α,β-unsaturated/α-hetero) is 1. The molecule has 2 aromatic rings. The van der Waals surface area contributed by atoms with Gasteiger partial charge in [-0.25, -0.2) is 9.18 Å². The molecule has 0 saturated carbocycles. The van der Waals surface area contributed by atoms with Gasteiger partial charge in [-0.15, -0.1) is 0 Å². The Bertz CT molecular complexity index is 1060. The molecule has 3 N–H and O–H groups in total. The Morgan fingerprint density at radius 2 is 1.91 bits per heavy atom. The number of piperidine rings is 2. The van der Waals surface area contributed by atoms with Gasteiger partial charge in [0.25, 0.3) is 0 Å². The van der Waals surface area contributed by atoms with Crippen LogP contribution in [0.3, 0.4) is 0 Å². The molecular weight excluding hydrogens is 447 g/mol. The second kappa shape index (κ2) is 11.4. The number of anilines is 1. The summed E-state index contributed by atoms with van der Waals surface area (Å²) in [6, 6.07) is 12.6. The van der Waals surface area contributed by atoms with Gasteiger partial charge in [-0.3, -0.25) is 9.59 Å². The first-order chi connectivity index (χ1) is 16.9. The molecular formula is C27H33FN4O3. The van der Waals surface area contributed by atoms with E-state index in [2.05, 4.69) is 16.0 Å². The molecule has 2 aliphatic rings. The fourth-order valence-corrected chi connectivity index (χ4v) is 5.08. The predicted octanol–water partition coefficient (Wildman–Crippen LogP) is 3.61. The van der Waals surface area contributed by atoms with E-state index in [1.807, 2.05) is 17.0 Å². The standard InChI is InChI=1S/C27H33FN4O3/c1-18(33)21-5-2-6-23(15-21)30-27(35)31-25-16-29-12-11-24(25)26(34)32-13-3-4-20(17-32)14-19-7-9-22(28)10-8-19/h2,5-10,15,20,24-25,29H,3-4,11-14,16-17H2,1H3,(H2,30,31,35)/t20?,24-,25+/m1/s1. The number of carbonyl (C=O) groups excluding carboxylic acids is 3. The van der Waals surface area contributed by atoms with Crippen molar-refractivity contribution in [3.8, 4) is 0 Å².